The summed E-state index contributed by atoms with van der Waals surface area (Å²) >= 11 is 1.71. The Bertz CT molecular complexity index is 386. The maximum Gasteiger partial charge on any atom is 0.307 e. The summed E-state index contributed by atoms with van der Waals surface area (Å²) in [6.45, 7) is 0. The van der Waals surface area contributed by atoms with E-state index in [2.05, 4.69) is 30.5 Å². The van der Waals surface area contributed by atoms with Crippen LogP contribution in [0.2, 0.25) is 0 Å². The van der Waals surface area contributed by atoms with E-state index < -0.39 is 5.97 Å². The van der Waals surface area contributed by atoms with E-state index in [-0.39, 0.29) is 11.8 Å². The maximum absolute atomic E-state index is 11.3. The molecule has 3 heteroatoms. The van der Waals surface area contributed by atoms with Gasteiger partial charge in [0.05, 0.1) is 5.92 Å². The van der Waals surface area contributed by atoms with Crippen LogP contribution in [-0.4, -0.2) is 17.3 Å². The van der Waals surface area contributed by atoms with Gasteiger partial charge >= 0.3 is 5.97 Å². The van der Waals surface area contributed by atoms with E-state index in [1.165, 1.54) is 10.5 Å². The van der Waals surface area contributed by atoms with Crippen molar-refractivity contribution in [1.29, 1.82) is 0 Å². The molecule has 0 bridgehead atoms. The topological polar surface area (TPSA) is 37.3 Å². The molecule has 2 nitrogen and oxygen atoms in total. The van der Waals surface area contributed by atoms with Crippen LogP contribution in [-0.2, 0) is 4.79 Å². The molecule has 0 saturated heterocycles. The van der Waals surface area contributed by atoms with Crippen molar-refractivity contribution < 1.29 is 9.90 Å². The highest BCUT2D eigenvalue weighted by atomic mass is 32.2. The Labute approximate surface area is 106 Å². The van der Waals surface area contributed by atoms with Crippen LogP contribution in [0.3, 0.4) is 0 Å². The van der Waals surface area contributed by atoms with Crippen molar-refractivity contribution in [3.8, 4) is 0 Å². The lowest BCUT2D eigenvalue weighted by molar-refractivity contribution is -0.143. The summed E-state index contributed by atoms with van der Waals surface area (Å²) in [6.07, 6.45) is 6.09. The molecule has 1 aromatic carbocycles. The molecular formula is C14H18O2S. The third kappa shape index (κ3) is 2.83. The van der Waals surface area contributed by atoms with Gasteiger partial charge in [0.25, 0.3) is 0 Å². The normalized spacial score (nSPS) is 24.5. The molecule has 17 heavy (non-hydrogen) atoms. The molecule has 0 heterocycles. The van der Waals surface area contributed by atoms with Crippen molar-refractivity contribution in [3.63, 3.8) is 0 Å². The van der Waals surface area contributed by atoms with Gasteiger partial charge in [0.1, 0.15) is 0 Å². The minimum Gasteiger partial charge on any atom is -0.481 e. The molecule has 92 valence electrons. The van der Waals surface area contributed by atoms with Gasteiger partial charge in [-0.05, 0) is 42.7 Å². The molecule has 2 rings (SSSR count). The number of carboxylic acid groups (broad SMARTS) is 1. The monoisotopic (exact) mass is 250 g/mol. The van der Waals surface area contributed by atoms with Gasteiger partial charge in [-0.3, -0.25) is 4.79 Å². The molecule has 0 aromatic heterocycles. The fourth-order valence-electron chi connectivity index (χ4n) is 2.68. The average Bonchev–Trinajstić information content (AvgIpc) is 2.39. The molecule has 0 aliphatic heterocycles. The highest BCUT2D eigenvalue weighted by molar-refractivity contribution is 7.98. The molecular weight excluding hydrogens is 232 g/mol. The van der Waals surface area contributed by atoms with Gasteiger partial charge in [-0.15, -0.1) is 11.8 Å². The Balaban J connectivity index is 2.20. The second kappa shape index (κ2) is 5.58. The van der Waals surface area contributed by atoms with Crippen molar-refractivity contribution >= 4 is 17.7 Å². The molecule has 1 aliphatic rings. The van der Waals surface area contributed by atoms with Crippen LogP contribution in [0.25, 0.3) is 0 Å². The van der Waals surface area contributed by atoms with Crippen LogP contribution in [0.5, 0.6) is 0 Å². The molecule has 1 fully saturated rings. The maximum atomic E-state index is 11.3. The Hall–Kier alpha value is -0.960. The number of benzene rings is 1. The van der Waals surface area contributed by atoms with E-state index >= 15 is 0 Å². The van der Waals surface area contributed by atoms with Gasteiger partial charge in [-0.1, -0.05) is 25.0 Å². The van der Waals surface area contributed by atoms with Crippen molar-refractivity contribution in [3.05, 3.63) is 29.8 Å². The van der Waals surface area contributed by atoms with Gasteiger partial charge in [0.15, 0.2) is 0 Å². The summed E-state index contributed by atoms with van der Waals surface area (Å²) in [5, 5.41) is 9.27. The second-order valence-corrected chi connectivity index (χ2v) is 5.49. The summed E-state index contributed by atoms with van der Waals surface area (Å²) in [5.41, 5.74) is 1.19. The first-order valence-corrected chi connectivity index (χ1v) is 7.31. The Morgan fingerprint density at radius 2 is 1.88 bits per heavy atom. The summed E-state index contributed by atoms with van der Waals surface area (Å²) < 4.78 is 0. The molecule has 2 unspecified atom stereocenters. The summed E-state index contributed by atoms with van der Waals surface area (Å²) in [4.78, 5) is 12.5. The lowest BCUT2D eigenvalue weighted by Gasteiger charge is -2.28. The largest absolute Gasteiger partial charge is 0.481 e. The van der Waals surface area contributed by atoms with Crippen LogP contribution in [0.4, 0.5) is 0 Å². The smallest absolute Gasteiger partial charge is 0.307 e. The molecule has 1 saturated carbocycles. The zero-order valence-electron chi connectivity index (χ0n) is 10.1. The standard InChI is InChI=1S/C14H18O2S/c1-17-11-8-6-10(7-9-11)12-4-2-3-5-13(12)14(15)16/h6-9,12-13H,2-5H2,1H3,(H,15,16). The Kier molecular flexibility index (Phi) is 4.11. The predicted octanol–water partition coefficient (Wildman–Crippen LogP) is 3.77. The van der Waals surface area contributed by atoms with E-state index in [9.17, 15) is 9.90 Å². The quantitative estimate of drug-likeness (QED) is 0.830. The number of aliphatic carboxylic acids is 1. The fourth-order valence-corrected chi connectivity index (χ4v) is 3.08. The first-order chi connectivity index (χ1) is 8.22. The molecule has 0 radical (unpaired) electrons. The van der Waals surface area contributed by atoms with E-state index in [0.717, 1.165) is 25.7 Å². The zero-order valence-corrected chi connectivity index (χ0v) is 10.9. The molecule has 0 spiro atoms. The van der Waals surface area contributed by atoms with Crippen LogP contribution < -0.4 is 0 Å². The van der Waals surface area contributed by atoms with Gasteiger partial charge in [0.2, 0.25) is 0 Å². The van der Waals surface area contributed by atoms with Crippen LogP contribution >= 0.6 is 11.8 Å². The van der Waals surface area contributed by atoms with Crippen molar-refractivity contribution in [1.82, 2.24) is 0 Å². The number of thioether (sulfide) groups is 1. The average molecular weight is 250 g/mol. The first-order valence-electron chi connectivity index (χ1n) is 6.09. The fraction of sp³-hybridized carbons (Fsp3) is 0.500. The minimum absolute atomic E-state index is 0.191. The minimum atomic E-state index is -0.636. The Morgan fingerprint density at radius 3 is 2.47 bits per heavy atom. The third-order valence-corrected chi connectivity index (χ3v) is 4.37. The predicted molar refractivity (Wildman–Crippen MR) is 70.6 cm³/mol. The lowest BCUT2D eigenvalue weighted by Crippen LogP contribution is -2.25. The van der Waals surface area contributed by atoms with Gasteiger partial charge in [-0.2, -0.15) is 0 Å². The van der Waals surface area contributed by atoms with Crippen molar-refractivity contribution in [2.24, 2.45) is 5.92 Å². The van der Waals surface area contributed by atoms with Gasteiger partial charge < -0.3 is 5.11 Å². The Morgan fingerprint density at radius 1 is 1.24 bits per heavy atom. The summed E-state index contributed by atoms with van der Waals surface area (Å²) in [7, 11) is 0. The number of hydrogen-bond donors (Lipinski definition) is 1. The second-order valence-electron chi connectivity index (χ2n) is 4.61. The van der Waals surface area contributed by atoms with Crippen LogP contribution in [0.15, 0.2) is 29.2 Å². The lowest BCUT2D eigenvalue weighted by atomic mass is 9.75. The molecule has 1 N–H and O–H groups in total. The van der Waals surface area contributed by atoms with E-state index in [1.54, 1.807) is 11.8 Å². The van der Waals surface area contributed by atoms with E-state index in [0.29, 0.717) is 0 Å². The van der Waals surface area contributed by atoms with Gasteiger partial charge in [0, 0.05) is 4.90 Å². The molecule has 1 aromatic rings. The van der Waals surface area contributed by atoms with E-state index in [1.807, 2.05) is 0 Å². The molecule has 0 amide bonds. The SMILES string of the molecule is CSc1ccc(C2CCCCC2C(=O)O)cc1. The first kappa shape index (κ1) is 12.5. The zero-order chi connectivity index (χ0) is 12.3. The summed E-state index contributed by atoms with van der Waals surface area (Å²) in [5.74, 6) is -0.621. The van der Waals surface area contributed by atoms with E-state index in [4.69, 9.17) is 0 Å². The number of rotatable bonds is 3. The van der Waals surface area contributed by atoms with Gasteiger partial charge in [-0.25, -0.2) is 0 Å². The number of carbonyl (C=O) groups is 1. The molecule has 1 aliphatic carbocycles. The third-order valence-electron chi connectivity index (χ3n) is 3.63. The van der Waals surface area contributed by atoms with Crippen LogP contribution in [0.1, 0.15) is 37.2 Å². The van der Waals surface area contributed by atoms with Crippen LogP contribution in [0, 0.1) is 5.92 Å². The summed E-state index contributed by atoms with van der Waals surface area (Å²) in [6, 6.07) is 8.37. The highest BCUT2D eigenvalue weighted by Crippen LogP contribution is 2.38. The van der Waals surface area contributed by atoms with Crippen molar-refractivity contribution in [2.45, 2.75) is 36.5 Å². The molecule has 2 atom stereocenters. The number of hydrogen-bond acceptors (Lipinski definition) is 2. The van der Waals surface area contributed by atoms with Crippen molar-refractivity contribution in [2.75, 3.05) is 6.26 Å². The highest BCUT2D eigenvalue weighted by Gasteiger charge is 2.31. The number of carboxylic acids is 1.